The molecular formula is C30H28N2O2. The molecular weight excluding hydrogens is 420 g/mol. The van der Waals surface area contributed by atoms with E-state index in [-0.39, 0.29) is 11.3 Å². The average Bonchev–Trinajstić information content (AvgIpc) is 2.84. The molecule has 4 rings (SSSR count). The lowest BCUT2D eigenvalue weighted by Gasteiger charge is -2.22. The summed E-state index contributed by atoms with van der Waals surface area (Å²) in [5.41, 5.74) is 4.73. The van der Waals surface area contributed by atoms with Crippen LogP contribution in [0.1, 0.15) is 31.9 Å². The number of nitrogens with one attached hydrogen (secondary N) is 1. The lowest BCUT2D eigenvalue weighted by atomic mass is 9.86. The second-order valence-corrected chi connectivity index (χ2v) is 9.01. The van der Waals surface area contributed by atoms with Crippen molar-refractivity contribution in [3.63, 3.8) is 0 Å². The molecule has 0 bridgehead atoms. The van der Waals surface area contributed by atoms with Crippen LogP contribution in [-0.2, 0) is 10.2 Å². The molecule has 170 valence electrons. The fraction of sp³-hybridized carbons (Fsp3) is 0.133. The molecule has 0 aliphatic rings. The molecule has 1 N–H and O–H groups in total. The normalized spacial score (nSPS) is 11.4. The highest BCUT2D eigenvalue weighted by atomic mass is 16.5. The molecule has 0 spiro atoms. The second kappa shape index (κ2) is 10.2. The van der Waals surface area contributed by atoms with Gasteiger partial charge in [0.15, 0.2) is 0 Å². The van der Waals surface area contributed by atoms with Gasteiger partial charge in [-0.3, -0.25) is 4.79 Å². The van der Waals surface area contributed by atoms with Crippen molar-refractivity contribution < 1.29 is 9.53 Å². The molecule has 0 radical (unpaired) electrons. The number of para-hydroxylation sites is 1. The lowest BCUT2D eigenvalue weighted by Crippen LogP contribution is -2.13. The van der Waals surface area contributed by atoms with E-state index in [0.717, 1.165) is 28.0 Å². The quantitative estimate of drug-likeness (QED) is 0.311. The minimum atomic E-state index is -0.255. The van der Waals surface area contributed by atoms with Crippen LogP contribution in [0.5, 0.6) is 11.6 Å². The number of carbonyl (C=O) groups excluding carboxylic acids is 1. The summed E-state index contributed by atoms with van der Waals surface area (Å²) in [6, 6.07) is 29.7. The number of aromatic nitrogens is 1. The molecule has 0 unspecified atom stereocenters. The van der Waals surface area contributed by atoms with Gasteiger partial charge in [0.05, 0.1) is 0 Å². The molecule has 0 atom stereocenters. The van der Waals surface area contributed by atoms with Crippen molar-refractivity contribution in [2.75, 3.05) is 5.32 Å². The van der Waals surface area contributed by atoms with E-state index in [0.29, 0.717) is 11.6 Å². The van der Waals surface area contributed by atoms with Crippen LogP contribution in [-0.4, -0.2) is 10.9 Å². The minimum absolute atomic E-state index is 0.0897. The molecule has 4 aromatic rings. The van der Waals surface area contributed by atoms with E-state index in [2.05, 4.69) is 43.2 Å². The predicted octanol–water partition coefficient (Wildman–Crippen LogP) is 7.49. The third kappa shape index (κ3) is 5.78. The van der Waals surface area contributed by atoms with Crippen LogP contribution in [0.25, 0.3) is 17.2 Å². The number of amides is 1. The zero-order chi connectivity index (χ0) is 24.0. The van der Waals surface area contributed by atoms with E-state index in [1.165, 1.54) is 6.08 Å². The fourth-order valence-electron chi connectivity index (χ4n) is 3.61. The van der Waals surface area contributed by atoms with Gasteiger partial charge in [-0.2, -0.15) is 0 Å². The zero-order valence-electron chi connectivity index (χ0n) is 19.7. The highest BCUT2D eigenvalue weighted by molar-refractivity contribution is 6.02. The van der Waals surface area contributed by atoms with E-state index in [1.807, 2.05) is 66.7 Å². The number of carbonyl (C=O) groups is 1. The SMILES string of the molecule is CC(C)(C)c1ccccc1Oc1ncccc1NC(=O)/C=C/c1ccc(-c2ccccc2)cc1. The summed E-state index contributed by atoms with van der Waals surface area (Å²) in [6.07, 6.45) is 4.95. The Morgan fingerprint density at radius 3 is 2.24 bits per heavy atom. The number of nitrogens with zero attached hydrogens (tertiary/aromatic N) is 1. The van der Waals surface area contributed by atoms with Crippen molar-refractivity contribution in [1.82, 2.24) is 4.98 Å². The van der Waals surface area contributed by atoms with Crippen LogP contribution in [0.15, 0.2) is 103 Å². The largest absolute Gasteiger partial charge is 0.437 e. The lowest BCUT2D eigenvalue weighted by molar-refractivity contribution is -0.111. The van der Waals surface area contributed by atoms with E-state index >= 15 is 0 Å². The smallest absolute Gasteiger partial charge is 0.248 e. The van der Waals surface area contributed by atoms with Gasteiger partial charge in [0.1, 0.15) is 11.4 Å². The number of pyridine rings is 1. The molecule has 1 aromatic heterocycles. The third-order valence-corrected chi connectivity index (χ3v) is 5.38. The van der Waals surface area contributed by atoms with Crippen molar-refractivity contribution in [1.29, 1.82) is 0 Å². The van der Waals surface area contributed by atoms with E-state index in [9.17, 15) is 4.79 Å². The van der Waals surface area contributed by atoms with Crippen molar-refractivity contribution in [3.05, 3.63) is 114 Å². The Morgan fingerprint density at radius 2 is 1.50 bits per heavy atom. The van der Waals surface area contributed by atoms with Gasteiger partial charge < -0.3 is 10.1 Å². The van der Waals surface area contributed by atoms with Crippen molar-refractivity contribution in [3.8, 4) is 22.8 Å². The van der Waals surface area contributed by atoms with Crippen molar-refractivity contribution in [2.45, 2.75) is 26.2 Å². The van der Waals surface area contributed by atoms with Crippen molar-refractivity contribution >= 4 is 17.7 Å². The molecule has 0 saturated heterocycles. The molecule has 4 nitrogen and oxygen atoms in total. The number of anilines is 1. The average molecular weight is 449 g/mol. The first-order valence-corrected chi connectivity index (χ1v) is 11.3. The maximum Gasteiger partial charge on any atom is 0.248 e. The van der Waals surface area contributed by atoms with Crippen LogP contribution in [0.2, 0.25) is 0 Å². The molecule has 0 saturated carbocycles. The van der Waals surface area contributed by atoms with Crippen LogP contribution in [0, 0.1) is 0 Å². The van der Waals surface area contributed by atoms with Gasteiger partial charge in [0.25, 0.3) is 0 Å². The molecule has 4 heteroatoms. The van der Waals surface area contributed by atoms with E-state index < -0.39 is 0 Å². The van der Waals surface area contributed by atoms with Crippen LogP contribution in [0.4, 0.5) is 5.69 Å². The summed E-state index contributed by atoms with van der Waals surface area (Å²) in [5, 5.41) is 2.88. The maximum absolute atomic E-state index is 12.6. The number of ether oxygens (including phenoxy) is 1. The van der Waals surface area contributed by atoms with E-state index in [1.54, 1.807) is 24.4 Å². The summed E-state index contributed by atoms with van der Waals surface area (Å²) >= 11 is 0. The number of benzene rings is 3. The molecule has 0 fully saturated rings. The molecule has 1 amide bonds. The Morgan fingerprint density at radius 1 is 0.824 bits per heavy atom. The molecule has 0 aliphatic heterocycles. The highest BCUT2D eigenvalue weighted by Crippen LogP contribution is 2.35. The second-order valence-electron chi connectivity index (χ2n) is 9.01. The van der Waals surface area contributed by atoms with Gasteiger partial charge in [-0.15, -0.1) is 0 Å². The Balaban J connectivity index is 1.46. The molecule has 3 aromatic carbocycles. The van der Waals surface area contributed by atoms with Crippen LogP contribution >= 0.6 is 0 Å². The summed E-state index contributed by atoms with van der Waals surface area (Å²) in [7, 11) is 0. The summed E-state index contributed by atoms with van der Waals surface area (Å²) < 4.78 is 6.14. The summed E-state index contributed by atoms with van der Waals surface area (Å²) in [4.78, 5) is 17.0. The predicted molar refractivity (Wildman–Crippen MR) is 139 cm³/mol. The number of rotatable bonds is 6. The van der Waals surface area contributed by atoms with Gasteiger partial charge in [0.2, 0.25) is 11.8 Å². The Bertz CT molecular complexity index is 1290. The maximum atomic E-state index is 12.6. The molecule has 0 aliphatic carbocycles. The first kappa shape index (κ1) is 23.0. The van der Waals surface area contributed by atoms with Crippen LogP contribution < -0.4 is 10.1 Å². The van der Waals surface area contributed by atoms with Gasteiger partial charge in [0, 0.05) is 17.8 Å². The van der Waals surface area contributed by atoms with Gasteiger partial charge >= 0.3 is 0 Å². The molecule has 1 heterocycles. The standard InChI is InChI=1S/C30H28N2O2/c1-30(2,3)25-12-7-8-14-27(25)34-29-26(13-9-21-31-29)32-28(33)20-17-22-15-18-24(19-16-22)23-10-5-4-6-11-23/h4-21H,1-3H3,(H,32,33)/b20-17+. The van der Waals surface area contributed by atoms with Gasteiger partial charge in [-0.25, -0.2) is 4.98 Å². The fourth-order valence-corrected chi connectivity index (χ4v) is 3.61. The first-order chi connectivity index (χ1) is 16.4. The van der Waals surface area contributed by atoms with Gasteiger partial charge in [-0.1, -0.05) is 93.6 Å². The van der Waals surface area contributed by atoms with Crippen LogP contribution in [0.3, 0.4) is 0 Å². The monoisotopic (exact) mass is 448 g/mol. The first-order valence-electron chi connectivity index (χ1n) is 11.3. The summed E-state index contributed by atoms with van der Waals surface area (Å²) in [5.74, 6) is 0.820. The number of hydrogen-bond acceptors (Lipinski definition) is 3. The third-order valence-electron chi connectivity index (χ3n) is 5.38. The van der Waals surface area contributed by atoms with Crippen molar-refractivity contribution in [2.24, 2.45) is 0 Å². The number of hydrogen-bond donors (Lipinski definition) is 1. The minimum Gasteiger partial charge on any atom is -0.437 e. The topological polar surface area (TPSA) is 51.2 Å². The molecule has 34 heavy (non-hydrogen) atoms. The summed E-state index contributed by atoms with van der Waals surface area (Å²) in [6.45, 7) is 6.40. The Hall–Kier alpha value is -4.18. The van der Waals surface area contributed by atoms with E-state index in [4.69, 9.17) is 4.74 Å². The highest BCUT2D eigenvalue weighted by Gasteiger charge is 2.20. The Labute approximate surface area is 201 Å². The Kier molecular flexibility index (Phi) is 6.88. The zero-order valence-corrected chi connectivity index (χ0v) is 19.7. The van der Waals surface area contributed by atoms with Gasteiger partial charge in [-0.05, 0) is 46.4 Å².